The smallest absolute Gasteiger partial charge is 0.338 e. The van der Waals surface area contributed by atoms with Crippen LogP contribution in [0.3, 0.4) is 0 Å². The van der Waals surface area contributed by atoms with Crippen molar-refractivity contribution in [3.63, 3.8) is 0 Å². The maximum Gasteiger partial charge on any atom is 0.338 e. The molecule has 2 N–H and O–H groups in total. The molecule has 2 rings (SSSR count). The number of nitrogen functional groups attached to an aromatic ring is 1. The number of carbonyl (C=O) groups is 1. The summed E-state index contributed by atoms with van der Waals surface area (Å²) >= 11 is 1.69. The van der Waals surface area contributed by atoms with Crippen LogP contribution in [-0.4, -0.2) is 13.1 Å². The number of ether oxygens (including phenoxy) is 1. The second-order valence-corrected chi connectivity index (χ2v) is 5.48. The van der Waals surface area contributed by atoms with Crippen molar-refractivity contribution in [2.75, 3.05) is 12.8 Å². The highest BCUT2D eigenvalue weighted by atomic mass is 32.2. The van der Waals surface area contributed by atoms with Crippen molar-refractivity contribution in [1.29, 1.82) is 0 Å². The molecule has 0 saturated heterocycles. The van der Waals surface area contributed by atoms with Crippen molar-refractivity contribution >= 4 is 23.4 Å². The summed E-state index contributed by atoms with van der Waals surface area (Å²) in [6, 6.07) is 13.4. The summed E-state index contributed by atoms with van der Waals surface area (Å²) in [6.45, 7) is 2.03. The van der Waals surface area contributed by atoms with Crippen LogP contribution in [0.25, 0.3) is 0 Å². The zero-order valence-electron chi connectivity index (χ0n) is 11.6. The van der Waals surface area contributed by atoms with E-state index in [1.165, 1.54) is 12.0 Å². The van der Waals surface area contributed by atoms with Crippen molar-refractivity contribution in [2.45, 2.75) is 17.6 Å². The molecule has 0 aliphatic heterocycles. The van der Waals surface area contributed by atoms with Gasteiger partial charge in [0.05, 0.1) is 12.7 Å². The molecule has 2 aromatic rings. The maximum absolute atomic E-state index is 11.7. The van der Waals surface area contributed by atoms with E-state index < -0.39 is 0 Å². The van der Waals surface area contributed by atoms with Crippen LogP contribution < -0.4 is 5.73 Å². The summed E-state index contributed by atoms with van der Waals surface area (Å²) in [5.41, 5.74) is 9.25. The van der Waals surface area contributed by atoms with Gasteiger partial charge in [-0.3, -0.25) is 0 Å². The highest BCUT2D eigenvalue weighted by Gasteiger charge is 2.11. The molecule has 0 saturated carbocycles. The molecule has 0 radical (unpaired) electrons. The molecule has 0 fully saturated rings. The fourth-order valence-corrected chi connectivity index (χ4v) is 2.96. The van der Waals surface area contributed by atoms with E-state index in [9.17, 15) is 4.79 Å². The zero-order chi connectivity index (χ0) is 14.5. The first kappa shape index (κ1) is 14.5. The molecule has 0 aromatic heterocycles. The SMILES string of the molecule is COC(=O)c1ccccc1CSc1ccc(N)cc1C. The van der Waals surface area contributed by atoms with E-state index in [1.54, 1.807) is 17.8 Å². The maximum atomic E-state index is 11.7. The Kier molecular flexibility index (Phi) is 4.69. The molecule has 0 heterocycles. The van der Waals surface area contributed by atoms with Crippen molar-refractivity contribution in [1.82, 2.24) is 0 Å². The van der Waals surface area contributed by atoms with Gasteiger partial charge in [0.2, 0.25) is 0 Å². The van der Waals surface area contributed by atoms with Crippen molar-refractivity contribution < 1.29 is 9.53 Å². The van der Waals surface area contributed by atoms with Crippen LogP contribution in [-0.2, 0) is 10.5 Å². The van der Waals surface area contributed by atoms with Crippen LogP contribution in [0, 0.1) is 6.92 Å². The minimum Gasteiger partial charge on any atom is -0.465 e. The van der Waals surface area contributed by atoms with Gasteiger partial charge in [0.15, 0.2) is 0 Å². The second kappa shape index (κ2) is 6.48. The minimum atomic E-state index is -0.296. The number of thioether (sulfide) groups is 1. The Balaban J connectivity index is 2.17. The molecule has 3 nitrogen and oxygen atoms in total. The van der Waals surface area contributed by atoms with Gasteiger partial charge in [0.25, 0.3) is 0 Å². The van der Waals surface area contributed by atoms with Crippen molar-refractivity contribution in [3.8, 4) is 0 Å². The number of aryl methyl sites for hydroxylation is 1. The predicted molar refractivity (Wildman–Crippen MR) is 82.9 cm³/mol. The molecular weight excluding hydrogens is 270 g/mol. The van der Waals surface area contributed by atoms with Crippen LogP contribution in [0.5, 0.6) is 0 Å². The summed E-state index contributed by atoms with van der Waals surface area (Å²) in [4.78, 5) is 12.9. The molecule has 0 aliphatic rings. The number of carbonyl (C=O) groups excluding carboxylic acids is 1. The third-order valence-electron chi connectivity index (χ3n) is 3.00. The van der Waals surface area contributed by atoms with Gasteiger partial charge in [0.1, 0.15) is 0 Å². The highest BCUT2D eigenvalue weighted by molar-refractivity contribution is 7.98. The summed E-state index contributed by atoms with van der Waals surface area (Å²) in [5, 5.41) is 0. The lowest BCUT2D eigenvalue weighted by Crippen LogP contribution is -2.04. The number of esters is 1. The van der Waals surface area contributed by atoms with Crippen LogP contribution in [0.15, 0.2) is 47.4 Å². The first-order valence-electron chi connectivity index (χ1n) is 6.27. The molecule has 104 valence electrons. The fourth-order valence-electron chi connectivity index (χ4n) is 1.95. The lowest BCUT2D eigenvalue weighted by Gasteiger charge is -2.09. The van der Waals surface area contributed by atoms with Gasteiger partial charge < -0.3 is 10.5 Å². The van der Waals surface area contributed by atoms with Gasteiger partial charge in [-0.15, -0.1) is 11.8 Å². The van der Waals surface area contributed by atoms with Gasteiger partial charge in [-0.1, -0.05) is 18.2 Å². The fraction of sp³-hybridized carbons (Fsp3) is 0.188. The summed E-state index contributed by atoms with van der Waals surface area (Å²) < 4.78 is 4.80. The molecule has 0 aliphatic carbocycles. The van der Waals surface area contributed by atoms with Gasteiger partial charge in [-0.05, 0) is 42.3 Å². The summed E-state index contributed by atoms with van der Waals surface area (Å²) in [5.74, 6) is 0.422. The van der Waals surface area contributed by atoms with Gasteiger partial charge in [-0.2, -0.15) is 0 Å². The Labute approximate surface area is 123 Å². The Hall–Kier alpha value is -1.94. The first-order chi connectivity index (χ1) is 9.61. The zero-order valence-corrected chi connectivity index (χ0v) is 12.4. The average molecular weight is 287 g/mol. The Bertz CT molecular complexity index is 626. The third kappa shape index (κ3) is 3.33. The van der Waals surface area contributed by atoms with Gasteiger partial charge >= 0.3 is 5.97 Å². The predicted octanol–water partition coefficient (Wildman–Crippen LogP) is 3.66. The van der Waals surface area contributed by atoms with E-state index in [4.69, 9.17) is 10.5 Å². The van der Waals surface area contributed by atoms with E-state index >= 15 is 0 Å². The number of anilines is 1. The third-order valence-corrected chi connectivity index (χ3v) is 4.23. The highest BCUT2D eigenvalue weighted by Crippen LogP contribution is 2.28. The minimum absolute atomic E-state index is 0.296. The number of benzene rings is 2. The number of hydrogen-bond donors (Lipinski definition) is 1. The van der Waals surface area contributed by atoms with Crippen molar-refractivity contribution in [3.05, 3.63) is 59.2 Å². The van der Waals surface area contributed by atoms with Crippen LogP contribution >= 0.6 is 11.8 Å². The van der Waals surface area contributed by atoms with Crippen molar-refractivity contribution in [2.24, 2.45) is 0 Å². The first-order valence-corrected chi connectivity index (χ1v) is 7.25. The van der Waals surface area contributed by atoms with Crippen LogP contribution in [0.1, 0.15) is 21.5 Å². The quantitative estimate of drug-likeness (QED) is 0.530. The topological polar surface area (TPSA) is 52.3 Å². The van der Waals surface area contributed by atoms with E-state index in [0.29, 0.717) is 5.56 Å². The average Bonchev–Trinajstić information content (AvgIpc) is 2.46. The van der Waals surface area contributed by atoms with E-state index in [2.05, 4.69) is 0 Å². The van der Waals surface area contributed by atoms with Gasteiger partial charge in [0, 0.05) is 16.3 Å². The normalized spacial score (nSPS) is 10.3. The monoisotopic (exact) mass is 287 g/mol. The standard InChI is InChI=1S/C16H17NO2S/c1-11-9-13(17)7-8-15(11)20-10-12-5-3-4-6-14(12)16(18)19-2/h3-9H,10,17H2,1-2H3. The molecule has 4 heteroatoms. The molecule has 0 amide bonds. The largest absolute Gasteiger partial charge is 0.465 e. The summed E-state index contributed by atoms with van der Waals surface area (Å²) in [7, 11) is 1.40. The molecule has 0 bridgehead atoms. The Morgan fingerprint density at radius 3 is 2.70 bits per heavy atom. The number of rotatable bonds is 4. The summed E-state index contributed by atoms with van der Waals surface area (Å²) in [6.07, 6.45) is 0. The molecule has 0 atom stereocenters. The lowest BCUT2D eigenvalue weighted by atomic mass is 10.1. The molecule has 0 spiro atoms. The molecule has 2 aromatic carbocycles. The molecule has 20 heavy (non-hydrogen) atoms. The van der Waals surface area contributed by atoms with Crippen LogP contribution in [0.4, 0.5) is 5.69 Å². The number of nitrogens with two attached hydrogens (primary N) is 1. The Morgan fingerprint density at radius 1 is 1.25 bits per heavy atom. The lowest BCUT2D eigenvalue weighted by molar-refractivity contribution is 0.0600. The molecular formula is C16H17NO2S. The van der Waals surface area contributed by atoms with E-state index in [-0.39, 0.29) is 5.97 Å². The van der Waals surface area contributed by atoms with Crippen LogP contribution in [0.2, 0.25) is 0 Å². The number of methoxy groups -OCH3 is 1. The van der Waals surface area contributed by atoms with E-state index in [0.717, 1.165) is 22.6 Å². The van der Waals surface area contributed by atoms with Gasteiger partial charge in [-0.25, -0.2) is 4.79 Å². The van der Waals surface area contributed by atoms with E-state index in [1.807, 2.05) is 43.3 Å². The molecule has 0 unspecified atom stereocenters. The Morgan fingerprint density at radius 2 is 2.00 bits per heavy atom. The number of hydrogen-bond acceptors (Lipinski definition) is 4. The second-order valence-electron chi connectivity index (χ2n) is 4.46.